The molecule has 0 unspecified atom stereocenters. The molecule has 0 atom stereocenters. The number of phenolic OH excluding ortho intramolecular Hbond substituents is 1. The van der Waals surface area contributed by atoms with Gasteiger partial charge in [-0.25, -0.2) is 4.79 Å². The molecule has 4 heteroatoms. The molecule has 0 aromatic heterocycles. The summed E-state index contributed by atoms with van der Waals surface area (Å²) in [6.45, 7) is 2.03. The van der Waals surface area contributed by atoms with E-state index >= 15 is 0 Å². The van der Waals surface area contributed by atoms with Crippen molar-refractivity contribution in [2.75, 3.05) is 6.61 Å². The molecule has 1 aromatic rings. The number of ether oxygens (including phenoxy) is 1. The average molecular weight is 236 g/mol. The smallest absolute Gasteiger partial charge is 0.341 e. The molecule has 67 valence electrons. The third-order valence-corrected chi connectivity index (χ3v) is 1.40. The number of para-hydroxylation sites is 1. The van der Waals surface area contributed by atoms with Gasteiger partial charge in [0.2, 0.25) is 0 Å². The number of carbonyl (C=O) groups excluding carboxylic acids is 1. The van der Waals surface area contributed by atoms with Crippen LogP contribution in [0.2, 0.25) is 0 Å². The maximum Gasteiger partial charge on any atom is 0.341 e. The van der Waals surface area contributed by atoms with E-state index in [2.05, 4.69) is 0 Å². The standard InChI is InChI=1S/C9H10O3.Ga/c1-2-12-9(11)7-5-3-4-6-8(7)10;/h3-6,10H,2H2,1H3;. The minimum absolute atomic E-state index is 0. The van der Waals surface area contributed by atoms with Crippen molar-refractivity contribution in [3.05, 3.63) is 29.8 Å². The Morgan fingerprint density at radius 2 is 2.08 bits per heavy atom. The second-order valence-electron chi connectivity index (χ2n) is 2.24. The number of aromatic hydroxyl groups is 1. The van der Waals surface area contributed by atoms with Gasteiger partial charge in [-0.3, -0.25) is 0 Å². The van der Waals surface area contributed by atoms with Crippen molar-refractivity contribution in [2.24, 2.45) is 0 Å². The summed E-state index contributed by atoms with van der Waals surface area (Å²) in [5.74, 6) is -0.536. The molecule has 1 rings (SSSR count). The summed E-state index contributed by atoms with van der Waals surface area (Å²) >= 11 is 0. The molecule has 13 heavy (non-hydrogen) atoms. The molecule has 3 radical (unpaired) electrons. The van der Waals surface area contributed by atoms with E-state index in [-0.39, 0.29) is 31.1 Å². The summed E-state index contributed by atoms with van der Waals surface area (Å²) in [6, 6.07) is 6.30. The summed E-state index contributed by atoms with van der Waals surface area (Å²) in [6.07, 6.45) is 0. The first-order chi connectivity index (χ1) is 5.75. The number of rotatable bonds is 2. The Morgan fingerprint density at radius 1 is 1.46 bits per heavy atom. The topological polar surface area (TPSA) is 46.5 Å². The molecule has 1 N–H and O–H groups in total. The fourth-order valence-corrected chi connectivity index (χ4v) is 0.855. The van der Waals surface area contributed by atoms with E-state index in [0.29, 0.717) is 6.61 Å². The van der Waals surface area contributed by atoms with Crippen LogP contribution in [0, 0.1) is 0 Å². The monoisotopic (exact) mass is 235 g/mol. The summed E-state index contributed by atoms with van der Waals surface area (Å²) in [5.41, 5.74) is 0.208. The SMILES string of the molecule is CCOC(=O)c1ccccc1O.[Ga]. The van der Waals surface area contributed by atoms with Gasteiger partial charge in [0, 0.05) is 19.8 Å². The summed E-state index contributed by atoms with van der Waals surface area (Å²) < 4.78 is 4.71. The van der Waals surface area contributed by atoms with Crippen molar-refractivity contribution >= 4 is 25.8 Å². The normalized spacial score (nSPS) is 8.69. The van der Waals surface area contributed by atoms with Gasteiger partial charge < -0.3 is 9.84 Å². The van der Waals surface area contributed by atoms with E-state index in [1.165, 1.54) is 12.1 Å². The number of phenols is 1. The molecule has 3 nitrogen and oxygen atoms in total. The van der Waals surface area contributed by atoms with Crippen molar-refractivity contribution < 1.29 is 14.6 Å². The maximum atomic E-state index is 11.1. The molecule has 0 aliphatic rings. The van der Waals surface area contributed by atoms with Gasteiger partial charge in [0.25, 0.3) is 0 Å². The first kappa shape index (κ1) is 12.1. The van der Waals surface area contributed by atoms with Gasteiger partial charge in [0.1, 0.15) is 11.3 Å². The minimum Gasteiger partial charge on any atom is -0.507 e. The molecule has 0 aliphatic heterocycles. The zero-order valence-corrected chi connectivity index (χ0v) is 9.78. The molecule has 0 saturated carbocycles. The Morgan fingerprint density at radius 3 is 2.62 bits per heavy atom. The van der Waals surface area contributed by atoms with Gasteiger partial charge in [-0.15, -0.1) is 0 Å². The molecule has 0 fully saturated rings. The second-order valence-corrected chi connectivity index (χ2v) is 2.24. The van der Waals surface area contributed by atoms with E-state index in [0.717, 1.165) is 0 Å². The van der Waals surface area contributed by atoms with Crippen molar-refractivity contribution in [3.8, 4) is 5.75 Å². The fourth-order valence-electron chi connectivity index (χ4n) is 0.855. The molecule has 0 heterocycles. The number of carbonyl (C=O) groups is 1. The number of benzene rings is 1. The molecular weight excluding hydrogens is 226 g/mol. The van der Waals surface area contributed by atoms with Crippen LogP contribution in [0.1, 0.15) is 17.3 Å². The Hall–Kier alpha value is -0.874. The summed E-state index contributed by atoms with van der Waals surface area (Å²) in [4.78, 5) is 11.1. The Kier molecular flexibility index (Phi) is 5.33. The Bertz CT molecular complexity index is 286. The van der Waals surface area contributed by atoms with Crippen molar-refractivity contribution in [2.45, 2.75) is 6.92 Å². The van der Waals surface area contributed by atoms with Crippen LogP contribution >= 0.6 is 0 Å². The van der Waals surface area contributed by atoms with E-state index in [1.807, 2.05) is 0 Å². The van der Waals surface area contributed by atoms with Gasteiger partial charge in [-0.1, -0.05) is 12.1 Å². The van der Waals surface area contributed by atoms with Crippen LogP contribution < -0.4 is 0 Å². The van der Waals surface area contributed by atoms with Gasteiger partial charge in [0.05, 0.1) is 6.61 Å². The largest absolute Gasteiger partial charge is 0.507 e. The summed E-state index contributed by atoms with van der Waals surface area (Å²) in [7, 11) is 0. The van der Waals surface area contributed by atoms with Crippen LogP contribution in [0.3, 0.4) is 0 Å². The van der Waals surface area contributed by atoms with Gasteiger partial charge in [-0.2, -0.15) is 0 Å². The molecule has 0 spiro atoms. The summed E-state index contributed by atoms with van der Waals surface area (Å²) in [5, 5.41) is 9.21. The van der Waals surface area contributed by atoms with E-state index in [4.69, 9.17) is 4.74 Å². The van der Waals surface area contributed by atoms with Gasteiger partial charge in [-0.05, 0) is 19.1 Å². The van der Waals surface area contributed by atoms with E-state index in [1.54, 1.807) is 19.1 Å². The molecule has 1 aromatic carbocycles. The first-order valence-corrected chi connectivity index (χ1v) is 3.70. The zero-order valence-electron chi connectivity index (χ0n) is 7.36. The predicted molar refractivity (Wildman–Crippen MR) is 49.8 cm³/mol. The van der Waals surface area contributed by atoms with E-state index < -0.39 is 5.97 Å². The Labute approximate surface area is 89.8 Å². The third-order valence-electron chi connectivity index (χ3n) is 1.40. The van der Waals surface area contributed by atoms with Gasteiger partial charge >= 0.3 is 5.97 Å². The minimum atomic E-state index is -0.490. The molecule has 0 aliphatic carbocycles. The van der Waals surface area contributed by atoms with Crippen molar-refractivity contribution in [3.63, 3.8) is 0 Å². The van der Waals surface area contributed by atoms with Crippen LogP contribution in [0.5, 0.6) is 5.75 Å². The number of esters is 1. The number of hydrogen-bond donors (Lipinski definition) is 1. The van der Waals surface area contributed by atoms with Crippen LogP contribution in [0.25, 0.3) is 0 Å². The van der Waals surface area contributed by atoms with Crippen molar-refractivity contribution in [1.82, 2.24) is 0 Å². The van der Waals surface area contributed by atoms with Gasteiger partial charge in [0.15, 0.2) is 0 Å². The fraction of sp³-hybridized carbons (Fsp3) is 0.222. The zero-order chi connectivity index (χ0) is 8.97. The third kappa shape index (κ3) is 3.16. The molecule has 0 saturated heterocycles. The molecule has 0 bridgehead atoms. The second kappa shape index (κ2) is 5.72. The first-order valence-electron chi connectivity index (χ1n) is 3.70. The predicted octanol–water partition coefficient (Wildman–Crippen LogP) is 1.19. The number of hydrogen-bond acceptors (Lipinski definition) is 3. The molecule has 0 amide bonds. The molecular formula is C9H10GaO3. The van der Waals surface area contributed by atoms with E-state index in [9.17, 15) is 9.90 Å². The van der Waals surface area contributed by atoms with Crippen molar-refractivity contribution in [1.29, 1.82) is 0 Å². The quantitative estimate of drug-likeness (QED) is 0.619. The maximum absolute atomic E-state index is 11.1. The van der Waals surface area contributed by atoms with Crippen LogP contribution in [0.4, 0.5) is 0 Å². The Balaban J connectivity index is 0.00000144. The van der Waals surface area contributed by atoms with Crippen LogP contribution in [-0.4, -0.2) is 37.5 Å². The average Bonchev–Trinajstić information content (AvgIpc) is 2.05. The van der Waals surface area contributed by atoms with Crippen LogP contribution in [-0.2, 0) is 4.74 Å². The van der Waals surface area contributed by atoms with Crippen LogP contribution in [0.15, 0.2) is 24.3 Å².